The normalized spacial score (nSPS) is 11.8. The average Bonchev–Trinajstić information content (AvgIpc) is 2.57. The number of nitrogens with one attached hydrogen (secondary N) is 1. The smallest absolute Gasteiger partial charge is 0.321 e. The van der Waals surface area contributed by atoms with Gasteiger partial charge in [-0.1, -0.05) is 26.0 Å². The van der Waals surface area contributed by atoms with Crippen molar-refractivity contribution in [2.45, 2.75) is 25.7 Å². The first kappa shape index (κ1) is 20.3. The van der Waals surface area contributed by atoms with Crippen molar-refractivity contribution < 1.29 is 9.53 Å². The monoisotopic (exact) mass is 349 g/mol. The highest BCUT2D eigenvalue weighted by Gasteiger charge is 2.16. The zero-order chi connectivity index (χ0) is 17.9. The summed E-state index contributed by atoms with van der Waals surface area (Å²) < 4.78 is 5.10. The van der Waals surface area contributed by atoms with Crippen molar-refractivity contribution in [1.82, 2.24) is 4.90 Å². The van der Waals surface area contributed by atoms with Crippen molar-refractivity contribution in [2.24, 2.45) is 11.8 Å². The van der Waals surface area contributed by atoms with Gasteiger partial charge in [-0.25, -0.2) is 4.79 Å². The third-order valence-electron chi connectivity index (χ3n) is 3.28. The molecule has 0 saturated carbocycles. The SMILES string of the molecule is COCCN(CC(C)C)C(=O)Nc1ccccc1SC[C@H](C)C#N. The highest BCUT2D eigenvalue weighted by Crippen LogP contribution is 2.28. The van der Waals surface area contributed by atoms with Crippen LogP contribution in [0.1, 0.15) is 20.8 Å². The van der Waals surface area contributed by atoms with Crippen molar-refractivity contribution in [1.29, 1.82) is 5.26 Å². The topological polar surface area (TPSA) is 65.4 Å². The Balaban J connectivity index is 2.78. The molecule has 1 N–H and O–H groups in total. The maximum Gasteiger partial charge on any atom is 0.321 e. The first-order chi connectivity index (χ1) is 11.5. The number of hydrogen-bond donors (Lipinski definition) is 1. The van der Waals surface area contributed by atoms with E-state index in [1.165, 1.54) is 0 Å². The minimum absolute atomic E-state index is 0.0297. The molecule has 1 aromatic rings. The van der Waals surface area contributed by atoms with Crippen LogP contribution in [0.4, 0.5) is 10.5 Å². The van der Waals surface area contributed by atoms with Crippen LogP contribution in [0, 0.1) is 23.2 Å². The van der Waals surface area contributed by atoms with E-state index in [9.17, 15) is 4.79 Å². The van der Waals surface area contributed by atoms with Crippen LogP contribution in [0.15, 0.2) is 29.2 Å². The molecule has 6 heteroatoms. The number of urea groups is 1. The van der Waals surface area contributed by atoms with Crippen LogP contribution in [0.2, 0.25) is 0 Å². The highest BCUT2D eigenvalue weighted by molar-refractivity contribution is 7.99. The van der Waals surface area contributed by atoms with Crippen LogP contribution in [-0.4, -0.2) is 43.5 Å². The third kappa shape index (κ3) is 7.24. The van der Waals surface area contributed by atoms with Gasteiger partial charge in [0.15, 0.2) is 0 Å². The van der Waals surface area contributed by atoms with Gasteiger partial charge in [-0.2, -0.15) is 5.26 Å². The van der Waals surface area contributed by atoms with Crippen LogP contribution >= 0.6 is 11.8 Å². The summed E-state index contributed by atoms with van der Waals surface area (Å²) in [5.74, 6) is 1.05. The summed E-state index contributed by atoms with van der Waals surface area (Å²) in [4.78, 5) is 15.3. The van der Waals surface area contributed by atoms with Gasteiger partial charge in [0.05, 0.1) is 24.3 Å². The van der Waals surface area contributed by atoms with Gasteiger partial charge >= 0.3 is 6.03 Å². The largest absolute Gasteiger partial charge is 0.383 e. The molecule has 24 heavy (non-hydrogen) atoms. The molecule has 0 spiro atoms. The van der Waals surface area contributed by atoms with E-state index in [1.807, 2.05) is 31.2 Å². The Morgan fingerprint density at radius 2 is 2.08 bits per heavy atom. The van der Waals surface area contributed by atoms with E-state index in [0.29, 0.717) is 31.4 Å². The van der Waals surface area contributed by atoms with Crippen LogP contribution < -0.4 is 5.32 Å². The number of hydrogen-bond acceptors (Lipinski definition) is 4. The molecule has 0 radical (unpaired) electrons. The molecule has 0 heterocycles. The van der Waals surface area contributed by atoms with E-state index in [4.69, 9.17) is 10.00 Å². The first-order valence-electron chi connectivity index (χ1n) is 8.14. The van der Waals surface area contributed by atoms with E-state index >= 15 is 0 Å². The second-order valence-corrected chi connectivity index (χ2v) is 7.16. The second kappa shape index (κ2) is 11.0. The van der Waals surface area contributed by atoms with Crippen LogP contribution in [0.25, 0.3) is 0 Å². The molecule has 1 atom stereocenters. The van der Waals surface area contributed by atoms with E-state index in [-0.39, 0.29) is 11.9 Å². The van der Waals surface area contributed by atoms with Gasteiger partial charge in [-0.3, -0.25) is 0 Å². The lowest BCUT2D eigenvalue weighted by Gasteiger charge is -2.25. The molecule has 0 fully saturated rings. The maximum absolute atomic E-state index is 12.6. The maximum atomic E-state index is 12.6. The molecule has 0 unspecified atom stereocenters. The minimum atomic E-state index is -0.123. The van der Waals surface area contributed by atoms with Crippen molar-refractivity contribution in [3.8, 4) is 6.07 Å². The number of rotatable bonds is 9. The number of benzene rings is 1. The van der Waals surface area contributed by atoms with Gasteiger partial charge in [0.25, 0.3) is 0 Å². The second-order valence-electron chi connectivity index (χ2n) is 6.10. The molecule has 1 aromatic carbocycles. The number of nitrogens with zero attached hydrogens (tertiary/aromatic N) is 2. The number of thioether (sulfide) groups is 1. The molecular weight excluding hydrogens is 322 g/mol. The Morgan fingerprint density at radius 3 is 2.71 bits per heavy atom. The Hall–Kier alpha value is -1.71. The number of carbonyl (C=O) groups is 1. The summed E-state index contributed by atoms with van der Waals surface area (Å²) in [6.07, 6.45) is 0. The lowest BCUT2D eigenvalue weighted by molar-refractivity contribution is 0.150. The van der Waals surface area contributed by atoms with Gasteiger partial charge in [0.2, 0.25) is 0 Å². The molecule has 0 saturated heterocycles. The quantitative estimate of drug-likeness (QED) is 0.682. The summed E-state index contributed by atoms with van der Waals surface area (Å²) in [6.45, 7) is 7.80. The molecule has 0 bridgehead atoms. The zero-order valence-corrected chi connectivity index (χ0v) is 15.7. The van der Waals surface area contributed by atoms with Crippen molar-refractivity contribution in [2.75, 3.05) is 37.9 Å². The van der Waals surface area contributed by atoms with Crippen molar-refractivity contribution in [3.05, 3.63) is 24.3 Å². The van der Waals surface area contributed by atoms with Crippen LogP contribution in [-0.2, 0) is 4.74 Å². The minimum Gasteiger partial charge on any atom is -0.383 e. The summed E-state index contributed by atoms with van der Waals surface area (Å²) in [5, 5.41) is 11.9. The van der Waals surface area contributed by atoms with Gasteiger partial charge in [-0.15, -0.1) is 11.8 Å². The molecular formula is C18H27N3O2S. The number of methoxy groups -OCH3 is 1. The summed E-state index contributed by atoms with van der Waals surface area (Å²) in [5.41, 5.74) is 0.781. The van der Waals surface area contributed by atoms with Crippen LogP contribution in [0.3, 0.4) is 0 Å². The van der Waals surface area contributed by atoms with Gasteiger partial charge in [0.1, 0.15) is 0 Å². The Labute approximate surface area is 149 Å². The predicted octanol–water partition coefficient (Wildman–Crippen LogP) is 4.07. The molecule has 5 nitrogen and oxygen atoms in total. The fourth-order valence-electron chi connectivity index (χ4n) is 2.06. The Morgan fingerprint density at radius 1 is 1.38 bits per heavy atom. The molecule has 0 aliphatic heterocycles. The number of carbonyl (C=O) groups excluding carboxylic acids is 1. The number of para-hydroxylation sites is 1. The third-order valence-corrected chi connectivity index (χ3v) is 4.61. The number of nitriles is 1. The molecule has 132 valence electrons. The van der Waals surface area contributed by atoms with Gasteiger partial charge in [0, 0.05) is 30.8 Å². The Bertz CT molecular complexity index is 557. The van der Waals surface area contributed by atoms with E-state index in [2.05, 4.69) is 25.2 Å². The standard InChI is InChI=1S/C18H27N3O2S/c1-14(2)12-21(9-10-23-4)18(22)20-16-7-5-6-8-17(16)24-13-15(3)11-19/h5-8,14-15H,9-10,12-13H2,1-4H3,(H,20,22)/t15-/m1/s1. The molecule has 0 aromatic heterocycles. The zero-order valence-electron chi connectivity index (χ0n) is 14.9. The lowest BCUT2D eigenvalue weighted by atomic mass is 10.2. The fourth-order valence-corrected chi connectivity index (χ4v) is 3.01. The molecule has 0 aliphatic carbocycles. The number of anilines is 1. The van der Waals surface area contributed by atoms with Crippen LogP contribution in [0.5, 0.6) is 0 Å². The van der Waals surface area contributed by atoms with Crippen molar-refractivity contribution in [3.63, 3.8) is 0 Å². The lowest BCUT2D eigenvalue weighted by Crippen LogP contribution is -2.39. The molecule has 1 rings (SSSR count). The van der Waals surface area contributed by atoms with E-state index in [1.54, 1.807) is 23.8 Å². The van der Waals surface area contributed by atoms with Gasteiger partial charge < -0.3 is 15.0 Å². The number of amides is 2. The summed E-state index contributed by atoms with van der Waals surface area (Å²) >= 11 is 1.58. The van der Waals surface area contributed by atoms with E-state index < -0.39 is 0 Å². The first-order valence-corrected chi connectivity index (χ1v) is 9.12. The summed E-state index contributed by atoms with van der Waals surface area (Å²) in [7, 11) is 1.63. The molecule has 2 amide bonds. The Kier molecular flexibility index (Phi) is 9.28. The molecule has 0 aliphatic rings. The number of ether oxygens (including phenoxy) is 1. The highest BCUT2D eigenvalue weighted by atomic mass is 32.2. The average molecular weight is 350 g/mol. The van der Waals surface area contributed by atoms with Crippen molar-refractivity contribution >= 4 is 23.5 Å². The predicted molar refractivity (Wildman–Crippen MR) is 99.2 cm³/mol. The fraction of sp³-hybridized carbons (Fsp3) is 0.556. The van der Waals surface area contributed by atoms with Gasteiger partial charge in [-0.05, 0) is 25.0 Å². The van der Waals surface area contributed by atoms with E-state index in [0.717, 1.165) is 10.6 Å². The summed E-state index contributed by atoms with van der Waals surface area (Å²) in [6, 6.07) is 9.79.